The molecule has 0 bridgehead atoms. The molecule has 0 radical (unpaired) electrons. The number of hydrogen-bond acceptors (Lipinski definition) is 5. The van der Waals surface area contributed by atoms with Gasteiger partial charge in [-0.3, -0.25) is 0 Å². The van der Waals surface area contributed by atoms with Gasteiger partial charge in [0.05, 0.1) is 20.3 Å². The lowest BCUT2D eigenvalue weighted by Gasteiger charge is -2.25. The third-order valence-corrected chi connectivity index (χ3v) is 3.73. The fourth-order valence-electron chi connectivity index (χ4n) is 2.51. The van der Waals surface area contributed by atoms with Gasteiger partial charge in [0, 0.05) is 18.2 Å². The number of aliphatic hydroxyl groups is 1. The van der Waals surface area contributed by atoms with E-state index >= 15 is 0 Å². The predicted octanol–water partition coefficient (Wildman–Crippen LogP) is 1.08. The van der Waals surface area contributed by atoms with Gasteiger partial charge in [0.2, 0.25) is 0 Å². The molecule has 5 nitrogen and oxygen atoms in total. The Hall–Kier alpha value is -1.30. The summed E-state index contributed by atoms with van der Waals surface area (Å²) < 4.78 is 10.5. The van der Waals surface area contributed by atoms with E-state index in [2.05, 4.69) is 10.6 Å². The minimum atomic E-state index is -0.602. The highest BCUT2D eigenvalue weighted by Gasteiger charge is 2.18. The zero-order chi connectivity index (χ0) is 14.4. The maximum Gasteiger partial charge on any atom is 0.124 e. The highest BCUT2D eigenvalue weighted by molar-refractivity contribution is 5.41. The van der Waals surface area contributed by atoms with Crippen molar-refractivity contribution in [1.29, 1.82) is 0 Å². The molecule has 20 heavy (non-hydrogen) atoms. The molecule has 0 amide bonds. The lowest BCUT2D eigenvalue weighted by molar-refractivity contribution is 0.162. The van der Waals surface area contributed by atoms with Crippen LogP contribution in [-0.2, 0) is 0 Å². The maximum atomic E-state index is 10.4. The number of methoxy groups -OCH3 is 2. The topological polar surface area (TPSA) is 62.8 Å². The molecular weight excluding hydrogens is 256 g/mol. The molecule has 0 spiro atoms. The molecule has 0 aromatic heterocycles. The van der Waals surface area contributed by atoms with Crippen LogP contribution in [0.15, 0.2) is 18.2 Å². The van der Waals surface area contributed by atoms with Crippen molar-refractivity contribution in [2.45, 2.75) is 25.0 Å². The fraction of sp³-hybridized carbons (Fsp3) is 0.600. The van der Waals surface area contributed by atoms with Crippen LogP contribution in [0, 0.1) is 0 Å². The van der Waals surface area contributed by atoms with E-state index in [1.807, 2.05) is 18.2 Å². The molecule has 1 heterocycles. The first kappa shape index (κ1) is 15.1. The average molecular weight is 280 g/mol. The standard InChI is InChI=1S/C15H24N2O3/c1-19-12-3-4-15(20-2)13(9-12)14(18)10-17-11-5-7-16-8-6-11/h3-4,9,11,14,16-18H,5-8,10H2,1-2H3. The summed E-state index contributed by atoms with van der Waals surface area (Å²) >= 11 is 0. The summed E-state index contributed by atoms with van der Waals surface area (Å²) in [5.41, 5.74) is 0.758. The second-order valence-electron chi connectivity index (χ2n) is 5.06. The highest BCUT2D eigenvalue weighted by Crippen LogP contribution is 2.29. The SMILES string of the molecule is COc1ccc(OC)c(C(O)CNC2CCNCC2)c1. The Labute approximate surface area is 120 Å². The monoisotopic (exact) mass is 280 g/mol. The Bertz CT molecular complexity index is 420. The van der Waals surface area contributed by atoms with Crippen molar-refractivity contribution in [3.63, 3.8) is 0 Å². The van der Waals surface area contributed by atoms with Crippen molar-refractivity contribution >= 4 is 0 Å². The van der Waals surface area contributed by atoms with Crippen LogP contribution in [0.2, 0.25) is 0 Å². The summed E-state index contributed by atoms with van der Waals surface area (Å²) in [7, 11) is 3.23. The number of nitrogens with one attached hydrogen (secondary N) is 2. The second-order valence-corrected chi connectivity index (χ2v) is 5.06. The number of ether oxygens (including phenoxy) is 2. The minimum Gasteiger partial charge on any atom is -0.497 e. The number of piperidine rings is 1. The van der Waals surface area contributed by atoms with E-state index in [1.165, 1.54) is 0 Å². The molecular formula is C15H24N2O3. The summed E-state index contributed by atoms with van der Waals surface area (Å²) in [6, 6.07) is 5.95. The lowest BCUT2D eigenvalue weighted by atomic mass is 10.0. The van der Waals surface area contributed by atoms with Crippen LogP contribution in [0.5, 0.6) is 11.5 Å². The Kier molecular flexibility index (Phi) is 5.64. The van der Waals surface area contributed by atoms with E-state index in [4.69, 9.17) is 9.47 Å². The van der Waals surface area contributed by atoms with Crippen molar-refractivity contribution in [3.05, 3.63) is 23.8 Å². The number of aliphatic hydroxyl groups excluding tert-OH is 1. The molecule has 112 valence electrons. The van der Waals surface area contributed by atoms with Gasteiger partial charge in [0.25, 0.3) is 0 Å². The van der Waals surface area contributed by atoms with Crippen molar-refractivity contribution < 1.29 is 14.6 Å². The fourth-order valence-corrected chi connectivity index (χ4v) is 2.51. The Morgan fingerprint density at radius 2 is 2.05 bits per heavy atom. The zero-order valence-corrected chi connectivity index (χ0v) is 12.2. The van der Waals surface area contributed by atoms with Gasteiger partial charge in [-0.1, -0.05) is 0 Å². The first-order valence-electron chi connectivity index (χ1n) is 7.08. The molecule has 1 fully saturated rings. The Balaban J connectivity index is 1.98. The van der Waals surface area contributed by atoms with Gasteiger partial charge < -0.3 is 25.2 Å². The van der Waals surface area contributed by atoms with E-state index in [1.54, 1.807) is 14.2 Å². The van der Waals surface area contributed by atoms with Gasteiger partial charge in [-0.2, -0.15) is 0 Å². The molecule has 1 aromatic carbocycles. The summed E-state index contributed by atoms with van der Waals surface area (Å²) in [6.07, 6.45) is 1.60. The predicted molar refractivity (Wildman–Crippen MR) is 78.4 cm³/mol. The van der Waals surface area contributed by atoms with Crippen molar-refractivity contribution in [3.8, 4) is 11.5 Å². The molecule has 1 saturated heterocycles. The number of rotatable bonds is 6. The number of benzene rings is 1. The molecule has 1 aromatic rings. The highest BCUT2D eigenvalue weighted by atomic mass is 16.5. The summed E-state index contributed by atoms with van der Waals surface area (Å²) in [4.78, 5) is 0. The first-order valence-corrected chi connectivity index (χ1v) is 7.08. The molecule has 1 atom stereocenters. The molecule has 1 aliphatic heterocycles. The molecule has 2 rings (SSSR count). The van der Waals surface area contributed by atoms with Crippen molar-refractivity contribution in [1.82, 2.24) is 10.6 Å². The van der Waals surface area contributed by atoms with Gasteiger partial charge in [0.1, 0.15) is 11.5 Å². The molecule has 1 aliphatic rings. The largest absolute Gasteiger partial charge is 0.497 e. The summed E-state index contributed by atoms with van der Waals surface area (Å²) in [5.74, 6) is 1.41. The first-order chi connectivity index (χ1) is 9.74. The van der Waals surface area contributed by atoms with Crippen molar-refractivity contribution in [2.75, 3.05) is 33.9 Å². The third kappa shape index (κ3) is 3.85. The van der Waals surface area contributed by atoms with E-state index in [0.29, 0.717) is 18.3 Å². The average Bonchev–Trinajstić information content (AvgIpc) is 2.52. The summed E-state index contributed by atoms with van der Waals surface area (Å²) in [5, 5.41) is 17.1. The van der Waals surface area contributed by atoms with Crippen LogP contribution in [-0.4, -0.2) is 45.0 Å². The van der Waals surface area contributed by atoms with Gasteiger partial charge in [-0.25, -0.2) is 0 Å². The lowest BCUT2D eigenvalue weighted by Crippen LogP contribution is -2.41. The molecule has 3 N–H and O–H groups in total. The van der Waals surface area contributed by atoms with Gasteiger partial charge in [-0.05, 0) is 44.1 Å². The third-order valence-electron chi connectivity index (χ3n) is 3.73. The molecule has 0 aliphatic carbocycles. The second kappa shape index (κ2) is 7.47. The van der Waals surface area contributed by atoms with Crippen LogP contribution in [0.4, 0.5) is 0 Å². The van der Waals surface area contributed by atoms with Crippen LogP contribution < -0.4 is 20.1 Å². The smallest absolute Gasteiger partial charge is 0.124 e. The van der Waals surface area contributed by atoms with Gasteiger partial charge in [-0.15, -0.1) is 0 Å². The van der Waals surface area contributed by atoms with Gasteiger partial charge >= 0.3 is 0 Å². The van der Waals surface area contributed by atoms with E-state index in [0.717, 1.165) is 37.2 Å². The number of hydrogen-bond donors (Lipinski definition) is 3. The zero-order valence-electron chi connectivity index (χ0n) is 12.2. The molecule has 5 heteroatoms. The normalized spacial score (nSPS) is 17.8. The van der Waals surface area contributed by atoms with E-state index < -0.39 is 6.10 Å². The van der Waals surface area contributed by atoms with Crippen LogP contribution in [0.25, 0.3) is 0 Å². The van der Waals surface area contributed by atoms with E-state index in [9.17, 15) is 5.11 Å². The van der Waals surface area contributed by atoms with Gasteiger partial charge in [0.15, 0.2) is 0 Å². The summed E-state index contributed by atoms with van der Waals surface area (Å²) in [6.45, 7) is 2.60. The van der Waals surface area contributed by atoms with Crippen molar-refractivity contribution in [2.24, 2.45) is 0 Å². The van der Waals surface area contributed by atoms with Crippen LogP contribution >= 0.6 is 0 Å². The molecule has 1 unspecified atom stereocenters. The van der Waals surface area contributed by atoms with Crippen LogP contribution in [0.1, 0.15) is 24.5 Å². The van der Waals surface area contributed by atoms with Crippen LogP contribution in [0.3, 0.4) is 0 Å². The Morgan fingerprint density at radius 3 is 2.70 bits per heavy atom. The quantitative estimate of drug-likeness (QED) is 0.728. The molecule has 0 saturated carbocycles. The minimum absolute atomic E-state index is 0.475. The maximum absolute atomic E-state index is 10.4. The van der Waals surface area contributed by atoms with E-state index in [-0.39, 0.29) is 0 Å². The Morgan fingerprint density at radius 1 is 1.30 bits per heavy atom.